The lowest BCUT2D eigenvalue weighted by Crippen LogP contribution is -2.23. The SMILES string of the molecule is O=C(NCc1cccc(O)c1)c1cccnc1SCCCc1ccc(F)cc1. The summed E-state index contributed by atoms with van der Waals surface area (Å²) in [4.78, 5) is 16.9. The van der Waals surface area contributed by atoms with Crippen LogP contribution in [0.25, 0.3) is 0 Å². The second-order valence-corrected chi connectivity index (χ2v) is 7.37. The number of hydrogen-bond acceptors (Lipinski definition) is 4. The minimum absolute atomic E-state index is 0.172. The van der Waals surface area contributed by atoms with E-state index < -0.39 is 0 Å². The van der Waals surface area contributed by atoms with E-state index in [-0.39, 0.29) is 17.5 Å². The van der Waals surface area contributed by atoms with E-state index in [1.165, 1.54) is 23.9 Å². The lowest BCUT2D eigenvalue weighted by atomic mass is 10.1. The molecule has 0 saturated heterocycles. The molecule has 3 rings (SSSR count). The number of phenolic OH excluding ortho intramolecular Hbond substituents is 1. The minimum Gasteiger partial charge on any atom is -0.508 e. The predicted molar refractivity (Wildman–Crippen MR) is 109 cm³/mol. The molecule has 2 aromatic carbocycles. The number of thioether (sulfide) groups is 1. The molecule has 0 aliphatic rings. The lowest BCUT2D eigenvalue weighted by Gasteiger charge is -2.09. The molecule has 6 heteroatoms. The van der Waals surface area contributed by atoms with Crippen molar-refractivity contribution in [1.82, 2.24) is 10.3 Å². The van der Waals surface area contributed by atoms with E-state index in [1.807, 2.05) is 6.07 Å². The summed E-state index contributed by atoms with van der Waals surface area (Å²) in [5, 5.41) is 13.1. The van der Waals surface area contributed by atoms with Gasteiger partial charge in [-0.2, -0.15) is 0 Å². The van der Waals surface area contributed by atoms with Crippen molar-refractivity contribution in [3.8, 4) is 5.75 Å². The third-order valence-electron chi connectivity index (χ3n) is 4.14. The largest absolute Gasteiger partial charge is 0.508 e. The number of carbonyl (C=O) groups excluding carboxylic acids is 1. The first-order valence-corrected chi connectivity index (χ1v) is 9.99. The predicted octanol–water partition coefficient (Wildman–Crippen LogP) is 4.58. The van der Waals surface area contributed by atoms with Crippen molar-refractivity contribution >= 4 is 17.7 Å². The fraction of sp³-hybridized carbons (Fsp3) is 0.182. The Bertz CT molecular complexity index is 932. The zero-order valence-corrected chi connectivity index (χ0v) is 16.1. The van der Waals surface area contributed by atoms with Crippen molar-refractivity contribution in [1.29, 1.82) is 0 Å². The zero-order chi connectivity index (χ0) is 19.8. The Morgan fingerprint density at radius 2 is 1.89 bits per heavy atom. The summed E-state index contributed by atoms with van der Waals surface area (Å²) in [6, 6.07) is 16.8. The maximum Gasteiger partial charge on any atom is 0.254 e. The molecule has 28 heavy (non-hydrogen) atoms. The molecule has 0 unspecified atom stereocenters. The summed E-state index contributed by atoms with van der Waals surface area (Å²) in [5.41, 5.74) is 2.45. The van der Waals surface area contributed by atoms with Crippen LogP contribution in [0.4, 0.5) is 4.39 Å². The van der Waals surface area contributed by atoms with Crippen molar-refractivity contribution in [3.63, 3.8) is 0 Å². The summed E-state index contributed by atoms with van der Waals surface area (Å²) in [5.74, 6) is 0.553. The molecule has 0 aliphatic heterocycles. The van der Waals surface area contributed by atoms with Crippen molar-refractivity contribution in [3.05, 3.63) is 89.4 Å². The van der Waals surface area contributed by atoms with Gasteiger partial charge in [0.15, 0.2) is 0 Å². The number of aromatic hydroxyl groups is 1. The molecule has 4 nitrogen and oxygen atoms in total. The normalized spacial score (nSPS) is 10.6. The number of carbonyl (C=O) groups is 1. The highest BCUT2D eigenvalue weighted by molar-refractivity contribution is 7.99. The summed E-state index contributed by atoms with van der Waals surface area (Å²) in [6.07, 6.45) is 3.42. The maximum atomic E-state index is 12.9. The van der Waals surface area contributed by atoms with Crippen LogP contribution < -0.4 is 5.32 Å². The molecule has 0 saturated carbocycles. The third-order valence-corrected chi connectivity index (χ3v) is 5.23. The standard InChI is InChI=1S/C22H21FN2O2S/c23-18-10-8-16(9-11-18)5-3-13-28-22-20(7-2-12-24-22)21(27)25-15-17-4-1-6-19(26)14-17/h1-2,4,6-12,14,26H,3,5,13,15H2,(H,25,27). The lowest BCUT2D eigenvalue weighted by molar-refractivity contribution is 0.0947. The number of amides is 1. The summed E-state index contributed by atoms with van der Waals surface area (Å²) < 4.78 is 12.9. The highest BCUT2D eigenvalue weighted by atomic mass is 32.2. The van der Waals surface area contributed by atoms with Crippen LogP contribution in [0, 0.1) is 5.82 Å². The Balaban J connectivity index is 1.53. The number of rotatable bonds is 8. The number of hydrogen-bond donors (Lipinski definition) is 2. The van der Waals surface area contributed by atoms with Crippen LogP contribution in [0.3, 0.4) is 0 Å². The molecule has 1 heterocycles. The fourth-order valence-corrected chi connectivity index (χ4v) is 3.65. The van der Waals surface area contributed by atoms with Crippen molar-refractivity contribution in [2.75, 3.05) is 5.75 Å². The van der Waals surface area contributed by atoms with Crippen LogP contribution >= 0.6 is 11.8 Å². The Morgan fingerprint density at radius 1 is 1.07 bits per heavy atom. The second kappa shape index (κ2) is 9.90. The molecule has 2 N–H and O–H groups in total. The highest BCUT2D eigenvalue weighted by Gasteiger charge is 2.12. The number of aromatic nitrogens is 1. The third kappa shape index (κ3) is 5.82. The van der Waals surface area contributed by atoms with Gasteiger partial charge in [0.05, 0.1) is 5.56 Å². The first kappa shape index (κ1) is 19.9. The first-order valence-electron chi connectivity index (χ1n) is 9.00. The number of nitrogens with one attached hydrogen (secondary N) is 1. The van der Waals surface area contributed by atoms with Crippen LogP contribution in [0.2, 0.25) is 0 Å². The van der Waals surface area contributed by atoms with Gasteiger partial charge in [0, 0.05) is 12.7 Å². The molecule has 0 atom stereocenters. The van der Waals surface area contributed by atoms with Gasteiger partial charge in [-0.1, -0.05) is 24.3 Å². The number of halogens is 1. The van der Waals surface area contributed by atoms with Gasteiger partial charge in [0.1, 0.15) is 16.6 Å². The Hall–Kier alpha value is -2.86. The van der Waals surface area contributed by atoms with Gasteiger partial charge in [-0.05, 0) is 66.1 Å². The van der Waals surface area contributed by atoms with Crippen LogP contribution in [0.1, 0.15) is 27.9 Å². The topological polar surface area (TPSA) is 62.2 Å². The van der Waals surface area contributed by atoms with Gasteiger partial charge in [0.2, 0.25) is 0 Å². The van der Waals surface area contributed by atoms with Crippen molar-refractivity contribution in [2.24, 2.45) is 0 Å². The van der Waals surface area contributed by atoms with E-state index in [9.17, 15) is 14.3 Å². The van der Waals surface area contributed by atoms with E-state index >= 15 is 0 Å². The highest BCUT2D eigenvalue weighted by Crippen LogP contribution is 2.22. The van der Waals surface area contributed by atoms with Crippen molar-refractivity contribution < 1.29 is 14.3 Å². The van der Waals surface area contributed by atoms with Crippen LogP contribution in [-0.4, -0.2) is 21.8 Å². The molecule has 0 bridgehead atoms. The van der Waals surface area contributed by atoms with E-state index in [2.05, 4.69) is 10.3 Å². The minimum atomic E-state index is -0.229. The van der Waals surface area contributed by atoms with E-state index in [4.69, 9.17) is 0 Å². The second-order valence-electron chi connectivity index (χ2n) is 6.29. The maximum absolute atomic E-state index is 12.9. The molecule has 144 valence electrons. The first-order chi connectivity index (χ1) is 13.6. The molecular formula is C22H21FN2O2S. The van der Waals surface area contributed by atoms with E-state index in [1.54, 1.807) is 48.7 Å². The Kier molecular flexibility index (Phi) is 7.03. The van der Waals surface area contributed by atoms with Gasteiger partial charge >= 0.3 is 0 Å². The van der Waals surface area contributed by atoms with Crippen molar-refractivity contribution in [2.45, 2.75) is 24.4 Å². The number of nitrogens with zero attached hydrogens (tertiary/aromatic N) is 1. The molecule has 0 spiro atoms. The van der Waals surface area contributed by atoms with Gasteiger partial charge in [0.25, 0.3) is 5.91 Å². The average Bonchev–Trinajstić information content (AvgIpc) is 2.71. The molecular weight excluding hydrogens is 375 g/mol. The fourth-order valence-electron chi connectivity index (χ4n) is 2.72. The average molecular weight is 396 g/mol. The van der Waals surface area contributed by atoms with Gasteiger partial charge in [-0.15, -0.1) is 11.8 Å². The molecule has 0 aliphatic carbocycles. The number of aryl methyl sites for hydroxylation is 1. The van der Waals surface area contributed by atoms with Crippen LogP contribution in [0.15, 0.2) is 71.9 Å². The van der Waals surface area contributed by atoms with E-state index in [0.717, 1.165) is 29.7 Å². The Labute approximate surface area is 167 Å². The van der Waals surface area contributed by atoms with E-state index in [0.29, 0.717) is 17.1 Å². The number of phenols is 1. The molecule has 1 amide bonds. The Morgan fingerprint density at radius 3 is 2.68 bits per heavy atom. The van der Waals surface area contributed by atoms with Gasteiger partial charge < -0.3 is 10.4 Å². The molecule has 0 radical (unpaired) electrons. The summed E-state index contributed by atoms with van der Waals surface area (Å²) in [7, 11) is 0. The van der Waals surface area contributed by atoms with Gasteiger partial charge in [-0.3, -0.25) is 4.79 Å². The quantitative estimate of drug-likeness (QED) is 0.432. The summed E-state index contributed by atoms with van der Waals surface area (Å²) >= 11 is 1.54. The molecule has 3 aromatic rings. The molecule has 0 fully saturated rings. The number of pyridine rings is 1. The zero-order valence-electron chi connectivity index (χ0n) is 15.3. The monoisotopic (exact) mass is 396 g/mol. The van der Waals surface area contributed by atoms with Crippen LogP contribution in [-0.2, 0) is 13.0 Å². The van der Waals surface area contributed by atoms with Crippen LogP contribution in [0.5, 0.6) is 5.75 Å². The smallest absolute Gasteiger partial charge is 0.254 e. The summed E-state index contributed by atoms with van der Waals surface area (Å²) in [6.45, 7) is 0.330. The van der Waals surface area contributed by atoms with Gasteiger partial charge in [-0.25, -0.2) is 9.37 Å². The molecule has 1 aromatic heterocycles. The number of benzene rings is 2.